The molecular formula is C10H23BF3N. The molecule has 5 heteroatoms. The predicted molar refractivity (Wildman–Crippen MR) is 60.7 cm³/mol. The van der Waals surface area contributed by atoms with Crippen LogP contribution in [0.25, 0.3) is 0 Å². The fourth-order valence-corrected chi connectivity index (χ4v) is 1.28. The van der Waals surface area contributed by atoms with E-state index in [1.807, 2.05) is 0 Å². The highest BCUT2D eigenvalue weighted by molar-refractivity contribution is 6.33. The predicted octanol–water partition coefficient (Wildman–Crippen LogP) is 3.97. The molecule has 0 saturated carbocycles. The molecule has 0 rings (SSSR count). The van der Waals surface area contributed by atoms with Crippen molar-refractivity contribution in [3.8, 4) is 0 Å². The van der Waals surface area contributed by atoms with Crippen LogP contribution in [0, 0.1) is 0 Å². The molecule has 0 amide bonds. The summed E-state index contributed by atoms with van der Waals surface area (Å²) in [5.41, 5.74) is 5.39. The zero-order valence-corrected chi connectivity index (χ0v) is 9.65. The zero-order valence-electron chi connectivity index (χ0n) is 9.65. The summed E-state index contributed by atoms with van der Waals surface area (Å²) >= 11 is 0. The van der Waals surface area contributed by atoms with Crippen molar-refractivity contribution in [1.29, 1.82) is 0 Å². The van der Waals surface area contributed by atoms with Gasteiger partial charge in [0.2, 0.25) is 0 Å². The molecule has 0 aliphatic heterocycles. The first-order valence-corrected chi connectivity index (χ1v) is 5.77. The minimum atomic E-state index is -3.67. The summed E-state index contributed by atoms with van der Waals surface area (Å²) in [6.07, 6.45) is 11.0. The van der Waals surface area contributed by atoms with E-state index < -0.39 is 7.54 Å². The molecule has 0 aromatic carbocycles. The lowest BCUT2D eigenvalue weighted by Crippen LogP contribution is -1.97. The Hall–Kier alpha value is -0.185. The van der Waals surface area contributed by atoms with Crippen molar-refractivity contribution in [3.63, 3.8) is 0 Å². The zero-order chi connectivity index (χ0) is 11.9. The third-order valence-electron chi connectivity index (χ3n) is 2.06. The highest BCUT2D eigenvalue weighted by Gasteiger charge is 2.06. The maximum atomic E-state index is 9.67. The summed E-state index contributed by atoms with van der Waals surface area (Å²) < 4.78 is 29.0. The van der Waals surface area contributed by atoms with Crippen molar-refractivity contribution < 1.29 is 12.9 Å². The molecule has 0 aliphatic rings. The Kier molecular flexibility index (Phi) is 18.7. The number of halogens is 3. The molecule has 0 saturated heterocycles. The van der Waals surface area contributed by atoms with E-state index >= 15 is 0 Å². The molecule has 1 nitrogen and oxygen atoms in total. The Morgan fingerprint density at radius 1 is 0.800 bits per heavy atom. The van der Waals surface area contributed by atoms with E-state index in [1.54, 1.807) is 0 Å². The van der Waals surface area contributed by atoms with Crippen LogP contribution >= 0.6 is 0 Å². The van der Waals surface area contributed by atoms with Gasteiger partial charge in [-0.25, -0.2) is 0 Å². The molecule has 0 unspecified atom stereocenters. The second-order valence-electron chi connectivity index (χ2n) is 3.51. The van der Waals surface area contributed by atoms with Crippen LogP contribution in [0.5, 0.6) is 0 Å². The van der Waals surface area contributed by atoms with Gasteiger partial charge in [0.25, 0.3) is 0 Å². The van der Waals surface area contributed by atoms with E-state index in [4.69, 9.17) is 5.73 Å². The first kappa shape index (κ1) is 17.2. The average Bonchev–Trinajstić information content (AvgIpc) is 2.16. The molecule has 0 fully saturated rings. The lowest BCUT2D eigenvalue weighted by molar-refractivity contribution is 0.535. The molecule has 92 valence electrons. The Morgan fingerprint density at radius 3 is 1.47 bits per heavy atom. The van der Waals surface area contributed by atoms with Crippen molar-refractivity contribution in [1.82, 2.24) is 0 Å². The summed E-state index contributed by atoms with van der Waals surface area (Å²) in [6, 6.07) is 0. The van der Waals surface area contributed by atoms with Gasteiger partial charge in [-0.05, 0) is 13.0 Å². The Labute approximate surface area is 91.8 Å². The molecule has 0 heterocycles. The second-order valence-corrected chi connectivity index (χ2v) is 3.51. The molecule has 0 bridgehead atoms. The Balaban J connectivity index is 0. The summed E-state index contributed by atoms with van der Waals surface area (Å²) in [4.78, 5) is 0. The lowest BCUT2D eigenvalue weighted by atomic mass is 10.1. The first-order valence-electron chi connectivity index (χ1n) is 5.77. The van der Waals surface area contributed by atoms with Crippen LogP contribution in [0.2, 0.25) is 0 Å². The fraction of sp³-hybridized carbons (Fsp3) is 1.00. The van der Waals surface area contributed by atoms with E-state index in [-0.39, 0.29) is 0 Å². The monoisotopic (exact) mass is 225 g/mol. The summed E-state index contributed by atoms with van der Waals surface area (Å²) in [5.74, 6) is 0. The maximum absolute atomic E-state index is 9.67. The lowest BCUT2D eigenvalue weighted by Gasteiger charge is -1.99. The number of unbranched alkanes of at least 4 members (excludes halogenated alkanes) is 7. The van der Waals surface area contributed by atoms with Gasteiger partial charge < -0.3 is 5.73 Å². The smallest absolute Gasteiger partial charge is 0.330 e. The molecule has 0 radical (unpaired) electrons. The molecule has 0 atom stereocenters. The normalized spacial score (nSPS) is 9.40. The highest BCUT2D eigenvalue weighted by atomic mass is 19.4. The van der Waals surface area contributed by atoms with Crippen LogP contribution in [0.4, 0.5) is 12.9 Å². The molecule has 0 aromatic heterocycles. The Morgan fingerprint density at radius 2 is 1.13 bits per heavy atom. The van der Waals surface area contributed by atoms with E-state index in [2.05, 4.69) is 6.92 Å². The van der Waals surface area contributed by atoms with Gasteiger partial charge in [0, 0.05) is 0 Å². The fourth-order valence-electron chi connectivity index (χ4n) is 1.28. The molecule has 15 heavy (non-hydrogen) atoms. The number of hydrogen-bond donors (Lipinski definition) is 1. The standard InChI is InChI=1S/C10H23N.BF3/c1-2-3-4-5-6-7-8-9-10-11;2-1(3)4/h2-11H2,1H3;. The number of nitrogens with two attached hydrogens (primary N) is 1. The van der Waals surface area contributed by atoms with Crippen LogP contribution in [0.15, 0.2) is 0 Å². The third-order valence-corrected chi connectivity index (χ3v) is 2.06. The molecule has 0 aromatic rings. The van der Waals surface area contributed by atoms with Gasteiger partial charge in [-0.15, -0.1) is 0 Å². The van der Waals surface area contributed by atoms with Crippen LogP contribution in [-0.4, -0.2) is 14.1 Å². The second kappa shape index (κ2) is 16.3. The van der Waals surface area contributed by atoms with Crippen molar-refractivity contribution in [2.75, 3.05) is 6.54 Å². The van der Waals surface area contributed by atoms with Crippen LogP contribution in [0.3, 0.4) is 0 Å². The summed E-state index contributed by atoms with van der Waals surface area (Å²) in [7, 11) is -3.67. The van der Waals surface area contributed by atoms with Gasteiger partial charge in [0.05, 0.1) is 0 Å². The van der Waals surface area contributed by atoms with Gasteiger partial charge in [0.15, 0.2) is 0 Å². The molecular weight excluding hydrogens is 202 g/mol. The van der Waals surface area contributed by atoms with Crippen molar-refractivity contribution in [2.45, 2.75) is 58.3 Å². The highest BCUT2D eigenvalue weighted by Crippen LogP contribution is 2.07. The van der Waals surface area contributed by atoms with Gasteiger partial charge in [-0.3, -0.25) is 12.9 Å². The summed E-state index contributed by atoms with van der Waals surface area (Å²) in [5, 5.41) is 0. The van der Waals surface area contributed by atoms with Crippen LogP contribution in [0.1, 0.15) is 58.3 Å². The minimum Gasteiger partial charge on any atom is -0.330 e. The number of hydrogen-bond acceptors (Lipinski definition) is 1. The average molecular weight is 225 g/mol. The maximum Gasteiger partial charge on any atom is 0.762 e. The SMILES string of the molecule is CCCCCCCCCCN.FB(F)F. The van der Waals surface area contributed by atoms with Gasteiger partial charge in [-0.2, -0.15) is 0 Å². The molecule has 0 spiro atoms. The van der Waals surface area contributed by atoms with E-state index in [0.29, 0.717) is 0 Å². The van der Waals surface area contributed by atoms with E-state index in [1.165, 1.54) is 51.4 Å². The van der Waals surface area contributed by atoms with Crippen molar-refractivity contribution >= 4 is 7.54 Å². The van der Waals surface area contributed by atoms with E-state index in [9.17, 15) is 12.9 Å². The quantitative estimate of drug-likeness (QED) is 0.491. The molecule has 2 N–H and O–H groups in total. The van der Waals surface area contributed by atoms with Crippen molar-refractivity contribution in [2.24, 2.45) is 5.73 Å². The van der Waals surface area contributed by atoms with Gasteiger partial charge in [0.1, 0.15) is 0 Å². The molecule has 0 aliphatic carbocycles. The van der Waals surface area contributed by atoms with E-state index in [0.717, 1.165) is 6.54 Å². The largest absolute Gasteiger partial charge is 0.762 e. The summed E-state index contributed by atoms with van der Waals surface area (Å²) in [6.45, 7) is 3.13. The number of rotatable bonds is 8. The van der Waals surface area contributed by atoms with Crippen molar-refractivity contribution in [3.05, 3.63) is 0 Å². The Bertz CT molecular complexity index is 93.9. The minimum absolute atomic E-state index is 0.870. The third kappa shape index (κ3) is 31.6. The van der Waals surface area contributed by atoms with Gasteiger partial charge >= 0.3 is 7.54 Å². The van der Waals surface area contributed by atoms with Crippen LogP contribution in [-0.2, 0) is 0 Å². The topological polar surface area (TPSA) is 26.0 Å². The van der Waals surface area contributed by atoms with Crippen LogP contribution < -0.4 is 5.73 Å². The van der Waals surface area contributed by atoms with Gasteiger partial charge in [-0.1, -0.05) is 51.9 Å². The first-order chi connectivity index (χ1) is 7.15.